The molecule has 0 amide bonds. The number of rotatable bonds is 13. The van der Waals surface area contributed by atoms with Crippen molar-refractivity contribution in [1.29, 1.82) is 0 Å². The van der Waals surface area contributed by atoms with Crippen LogP contribution in [-0.4, -0.2) is 41.2 Å². The molecule has 0 unspecified atom stereocenters. The van der Waals surface area contributed by atoms with Gasteiger partial charge in [0, 0.05) is 24.6 Å². The van der Waals surface area contributed by atoms with Crippen LogP contribution in [-0.2, 0) is 16.0 Å². The molecule has 0 spiro atoms. The van der Waals surface area contributed by atoms with Crippen LogP contribution in [0.3, 0.4) is 0 Å². The minimum Gasteiger partial charge on any atom is -0.503 e. The summed E-state index contributed by atoms with van der Waals surface area (Å²) in [5, 5.41) is 10.2. The molecule has 0 fully saturated rings. The summed E-state index contributed by atoms with van der Waals surface area (Å²) >= 11 is 0. The maximum absolute atomic E-state index is 13.0. The number of hydrogen-bond donors (Lipinski definition) is 1. The third-order valence-electron chi connectivity index (χ3n) is 6.38. The average molecular weight is 506 g/mol. The minimum absolute atomic E-state index is 0.0836. The third-order valence-corrected chi connectivity index (χ3v) is 6.38. The van der Waals surface area contributed by atoms with Gasteiger partial charge in [-0.1, -0.05) is 62.4 Å². The van der Waals surface area contributed by atoms with E-state index in [2.05, 4.69) is 24.0 Å². The van der Waals surface area contributed by atoms with Gasteiger partial charge < -0.3 is 19.3 Å². The molecular weight excluding hydrogens is 470 g/mol. The van der Waals surface area contributed by atoms with Crippen molar-refractivity contribution in [3.8, 4) is 17.2 Å². The molecule has 0 aliphatic rings. The molecule has 0 bridgehead atoms. The summed E-state index contributed by atoms with van der Waals surface area (Å²) in [6.45, 7) is 5.54. The van der Waals surface area contributed by atoms with Gasteiger partial charge in [0.1, 0.15) is 18.0 Å². The molecule has 0 saturated heterocycles. The monoisotopic (exact) mass is 505 g/mol. The SMILES string of the molecule is CC[C@@H](Cc1ccccc1)[C@H](Oc1ccccc1)[C@H](C)OC(=O)[C@H](C)CC(=O)c1nccc(OC)c1O. The summed E-state index contributed by atoms with van der Waals surface area (Å²) in [6, 6.07) is 21.1. The highest BCUT2D eigenvalue weighted by Crippen LogP contribution is 2.30. The summed E-state index contributed by atoms with van der Waals surface area (Å²) in [5.41, 5.74) is 1.05. The summed E-state index contributed by atoms with van der Waals surface area (Å²) in [4.78, 5) is 29.7. The van der Waals surface area contributed by atoms with E-state index in [9.17, 15) is 14.7 Å². The molecule has 196 valence electrons. The highest BCUT2D eigenvalue weighted by atomic mass is 16.6. The van der Waals surface area contributed by atoms with E-state index in [0.29, 0.717) is 5.75 Å². The van der Waals surface area contributed by atoms with Crippen molar-refractivity contribution in [2.75, 3.05) is 7.11 Å². The van der Waals surface area contributed by atoms with E-state index in [1.54, 1.807) is 6.92 Å². The van der Waals surface area contributed by atoms with Crippen LogP contribution in [0.4, 0.5) is 0 Å². The predicted octanol–water partition coefficient (Wildman–Crippen LogP) is 5.65. The van der Waals surface area contributed by atoms with Gasteiger partial charge in [-0.15, -0.1) is 0 Å². The predicted molar refractivity (Wildman–Crippen MR) is 141 cm³/mol. The number of para-hydroxylation sites is 1. The number of carbonyl (C=O) groups is 2. The quantitative estimate of drug-likeness (QED) is 0.237. The Hall–Kier alpha value is -3.87. The van der Waals surface area contributed by atoms with E-state index in [4.69, 9.17) is 14.2 Å². The van der Waals surface area contributed by atoms with Gasteiger partial charge in [0.15, 0.2) is 23.0 Å². The molecule has 1 heterocycles. The minimum atomic E-state index is -0.742. The second kappa shape index (κ2) is 13.4. The first-order valence-corrected chi connectivity index (χ1v) is 12.5. The maximum atomic E-state index is 13.0. The smallest absolute Gasteiger partial charge is 0.309 e. The second-order valence-electron chi connectivity index (χ2n) is 9.13. The van der Waals surface area contributed by atoms with Gasteiger partial charge in [-0.2, -0.15) is 0 Å². The van der Waals surface area contributed by atoms with E-state index in [1.807, 2.05) is 55.5 Å². The molecule has 0 radical (unpaired) electrons. The van der Waals surface area contributed by atoms with Crippen molar-refractivity contribution in [1.82, 2.24) is 4.98 Å². The number of benzene rings is 2. The number of Topliss-reactive ketones (excluding diaryl/α,β-unsaturated/α-hetero) is 1. The fraction of sp³-hybridized carbons (Fsp3) is 0.367. The normalized spacial score (nSPS) is 14.2. The van der Waals surface area contributed by atoms with Crippen molar-refractivity contribution in [2.24, 2.45) is 11.8 Å². The lowest BCUT2D eigenvalue weighted by Crippen LogP contribution is -2.41. The number of carbonyl (C=O) groups excluding carboxylic acids is 2. The zero-order valence-electron chi connectivity index (χ0n) is 21.8. The van der Waals surface area contributed by atoms with Crippen LogP contribution >= 0.6 is 0 Å². The zero-order valence-corrected chi connectivity index (χ0v) is 21.8. The molecule has 1 N–H and O–H groups in total. The van der Waals surface area contributed by atoms with Crippen LogP contribution in [0.1, 0.15) is 49.7 Å². The van der Waals surface area contributed by atoms with Crippen LogP contribution in [0.15, 0.2) is 72.9 Å². The molecule has 2 aromatic carbocycles. The largest absolute Gasteiger partial charge is 0.503 e. The van der Waals surface area contributed by atoms with E-state index in [-0.39, 0.29) is 29.5 Å². The molecule has 3 aromatic rings. The summed E-state index contributed by atoms with van der Waals surface area (Å²) < 4.78 is 17.3. The maximum Gasteiger partial charge on any atom is 0.309 e. The van der Waals surface area contributed by atoms with Crippen molar-refractivity contribution in [3.63, 3.8) is 0 Å². The van der Waals surface area contributed by atoms with Gasteiger partial charge in [0.2, 0.25) is 0 Å². The van der Waals surface area contributed by atoms with Crippen molar-refractivity contribution < 1.29 is 28.9 Å². The Bertz CT molecular complexity index is 1150. The molecule has 0 saturated carbocycles. The molecule has 1 aromatic heterocycles. The van der Waals surface area contributed by atoms with Crippen LogP contribution in [0.2, 0.25) is 0 Å². The number of aromatic hydroxyl groups is 1. The summed E-state index contributed by atoms with van der Waals surface area (Å²) in [6.07, 6.45) is 1.84. The van der Waals surface area contributed by atoms with Crippen LogP contribution in [0.25, 0.3) is 0 Å². The number of pyridine rings is 1. The van der Waals surface area contributed by atoms with Crippen molar-refractivity contribution >= 4 is 11.8 Å². The van der Waals surface area contributed by atoms with E-state index in [0.717, 1.165) is 12.8 Å². The second-order valence-corrected chi connectivity index (χ2v) is 9.13. The molecule has 7 nitrogen and oxygen atoms in total. The summed E-state index contributed by atoms with van der Waals surface area (Å²) in [5.74, 6) is -1.14. The number of aromatic nitrogens is 1. The Morgan fingerprint density at radius 2 is 1.62 bits per heavy atom. The van der Waals surface area contributed by atoms with Gasteiger partial charge in [0.25, 0.3) is 0 Å². The Labute approximate surface area is 218 Å². The first kappa shape index (κ1) is 27.7. The number of hydrogen-bond acceptors (Lipinski definition) is 7. The molecule has 3 rings (SSSR count). The summed E-state index contributed by atoms with van der Waals surface area (Å²) in [7, 11) is 1.39. The Morgan fingerprint density at radius 1 is 0.973 bits per heavy atom. The first-order chi connectivity index (χ1) is 17.8. The highest BCUT2D eigenvalue weighted by molar-refractivity contribution is 5.99. The number of nitrogens with zero attached hydrogens (tertiary/aromatic N) is 1. The van der Waals surface area contributed by atoms with Crippen LogP contribution in [0.5, 0.6) is 17.2 Å². The zero-order chi connectivity index (χ0) is 26.8. The highest BCUT2D eigenvalue weighted by Gasteiger charge is 2.32. The standard InChI is InChI=1S/C30H35NO6/c1-5-23(19-22-12-8-6-9-13-22)29(37-24-14-10-7-11-15-24)21(3)36-30(34)20(2)18-25(32)27-28(33)26(35-4)16-17-31-27/h6-17,20-21,23,29,33H,5,18-19H2,1-4H3/t20-,21+,23+,29-/m1/s1. The topological polar surface area (TPSA) is 95.0 Å². The molecule has 0 aliphatic heterocycles. The number of ether oxygens (including phenoxy) is 3. The number of ketones is 1. The van der Waals surface area contributed by atoms with Crippen molar-refractivity contribution in [2.45, 2.75) is 52.2 Å². The molecule has 37 heavy (non-hydrogen) atoms. The van der Waals surface area contributed by atoms with E-state index < -0.39 is 29.9 Å². The fourth-order valence-electron chi connectivity index (χ4n) is 4.27. The molecule has 0 aliphatic carbocycles. The molecule has 7 heteroatoms. The Balaban J connectivity index is 1.72. The lowest BCUT2D eigenvalue weighted by molar-refractivity contribution is -0.158. The first-order valence-electron chi connectivity index (χ1n) is 12.5. The number of methoxy groups -OCH3 is 1. The van der Waals surface area contributed by atoms with Crippen LogP contribution in [0, 0.1) is 11.8 Å². The molecule has 4 atom stereocenters. The van der Waals surface area contributed by atoms with Gasteiger partial charge >= 0.3 is 5.97 Å². The lowest BCUT2D eigenvalue weighted by Gasteiger charge is -2.32. The Morgan fingerprint density at radius 3 is 2.24 bits per heavy atom. The van der Waals surface area contributed by atoms with Crippen LogP contribution < -0.4 is 9.47 Å². The average Bonchev–Trinajstić information content (AvgIpc) is 2.91. The van der Waals surface area contributed by atoms with Gasteiger partial charge in [-0.25, -0.2) is 4.98 Å². The van der Waals surface area contributed by atoms with E-state index in [1.165, 1.54) is 24.9 Å². The van der Waals surface area contributed by atoms with Gasteiger partial charge in [-0.05, 0) is 37.5 Å². The third kappa shape index (κ3) is 7.56. The fourth-order valence-corrected chi connectivity index (χ4v) is 4.27. The van der Waals surface area contributed by atoms with E-state index >= 15 is 0 Å². The number of esters is 1. The van der Waals surface area contributed by atoms with Gasteiger partial charge in [0.05, 0.1) is 13.0 Å². The van der Waals surface area contributed by atoms with Crippen molar-refractivity contribution in [3.05, 3.63) is 84.2 Å². The van der Waals surface area contributed by atoms with Gasteiger partial charge in [-0.3, -0.25) is 9.59 Å². The molecular formula is C30H35NO6. The Kier molecular flexibility index (Phi) is 10.1. The lowest BCUT2D eigenvalue weighted by atomic mass is 9.89.